The van der Waals surface area contributed by atoms with Crippen LogP contribution in [0.5, 0.6) is 0 Å². The highest BCUT2D eigenvalue weighted by atomic mass is 32.2. The maximum Gasteiger partial charge on any atom is 0.240 e. The summed E-state index contributed by atoms with van der Waals surface area (Å²) in [6.07, 6.45) is 4.53. The lowest BCUT2D eigenvalue weighted by molar-refractivity contribution is -0.134. The average molecular weight is 489 g/mol. The van der Waals surface area contributed by atoms with Crippen LogP contribution in [0.1, 0.15) is 46.7 Å². The second kappa shape index (κ2) is 10.6. The molecule has 35 heavy (non-hydrogen) atoms. The molecule has 0 fully saturated rings. The summed E-state index contributed by atoms with van der Waals surface area (Å²) in [6.45, 7) is 6.43. The first-order chi connectivity index (χ1) is 16.7. The Morgan fingerprint density at radius 2 is 1.37 bits per heavy atom. The lowest BCUT2D eigenvalue weighted by atomic mass is 9.97. The summed E-state index contributed by atoms with van der Waals surface area (Å²) in [5, 5.41) is 0. The Labute approximate surface area is 208 Å². The van der Waals surface area contributed by atoms with Crippen LogP contribution >= 0.6 is 0 Å². The molecule has 0 spiro atoms. The van der Waals surface area contributed by atoms with E-state index in [2.05, 4.69) is 29.0 Å². The van der Waals surface area contributed by atoms with Gasteiger partial charge in [0.05, 0.1) is 10.9 Å². The molecule has 6 heteroatoms. The summed E-state index contributed by atoms with van der Waals surface area (Å²) in [5.74, 6) is -0.0860. The van der Waals surface area contributed by atoms with Crippen LogP contribution < -0.4 is 4.72 Å². The van der Waals surface area contributed by atoms with Gasteiger partial charge in [0.25, 0.3) is 0 Å². The zero-order valence-electron chi connectivity index (χ0n) is 20.4. The number of nitrogens with one attached hydrogen (secondary N) is 1. The van der Waals surface area contributed by atoms with E-state index in [1.807, 2.05) is 62.1 Å². The molecular weight excluding hydrogens is 456 g/mol. The van der Waals surface area contributed by atoms with Crippen molar-refractivity contribution in [2.45, 2.75) is 57.1 Å². The molecule has 1 heterocycles. The molecule has 5 nitrogen and oxygen atoms in total. The molecule has 3 aromatic carbocycles. The molecule has 0 radical (unpaired) electrons. The molecule has 1 aliphatic rings. The third-order valence-electron chi connectivity index (χ3n) is 6.36. The average Bonchev–Trinajstić information content (AvgIpc) is 2.81. The monoisotopic (exact) mass is 488 g/mol. The van der Waals surface area contributed by atoms with Gasteiger partial charge in [0.2, 0.25) is 15.9 Å². The van der Waals surface area contributed by atoms with Gasteiger partial charge < -0.3 is 4.90 Å². The molecule has 0 unspecified atom stereocenters. The van der Waals surface area contributed by atoms with Gasteiger partial charge in [0.15, 0.2) is 0 Å². The molecule has 4 rings (SSSR count). The van der Waals surface area contributed by atoms with Crippen LogP contribution in [0.4, 0.5) is 0 Å². The van der Waals surface area contributed by atoms with E-state index in [4.69, 9.17) is 0 Å². The lowest BCUT2D eigenvalue weighted by Gasteiger charge is -2.33. The fourth-order valence-corrected chi connectivity index (χ4v) is 5.52. The van der Waals surface area contributed by atoms with Gasteiger partial charge in [0, 0.05) is 19.0 Å². The van der Waals surface area contributed by atoms with Crippen molar-refractivity contribution in [2.24, 2.45) is 0 Å². The van der Waals surface area contributed by atoms with Crippen LogP contribution in [0.15, 0.2) is 89.8 Å². The van der Waals surface area contributed by atoms with Crippen LogP contribution in [0.25, 0.3) is 0 Å². The smallest absolute Gasteiger partial charge is 0.240 e. The van der Waals surface area contributed by atoms with Gasteiger partial charge in [-0.1, -0.05) is 89.5 Å². The Hall–Kier alpha value is -3.22. The maximum absolute atomic E-state index is 13.6. The molecule has 0 saturated heterocycles. The number of benzene rings is 3. The topological polar surface area (TPSA) is 66.5 Å². The number of hydrogen-bond acceptors (Lipinski definition) is 3. The lowest BCUT2D eigenvalue weighted by Crippen LogP contribution is -2.42. The molecule has 3 aromatic rings. The zero-order valence-corrected chi connectivity index (χ0v) is 21.3. The highest BCUT2D eigenvalue weighted by Gasteiger charge is 2.29. The summed E-state index contributed by atoms with van der Waals surface area (Å²) < 4.78 is 28.7. The maximum atomic E-state index is 13.6. The quantitative estimate of drug-likeness (QED) is 0.474. The van der Waals surface area contributed by atoms with Crippen molar-refractivity contribution < 1.29 is 13.2 Å². The highest BCUT2D eigenvalue weighted by molar-refractivity contribution is 7.89. The highest BCUT2D eigenvalue weighted by Crippen LogP contribution is 2.29. The fraction of sp³-hybridized carbons (Fsp3) is 0.276. The molecule has 2 atom stereocenters. The third-order valence-corrected chi connectivity index (χ3v) is 7.90. The van der Waals surface area contributed by atoms with E-state index in [9.17, 15) is 13.2 Å². The standard InChI is InChI=1S/C29H32N2O3S/c1-21-7-13-24(14-8-21)20-31-28(25-15-9-22(2)10-16-25)6-4-5-26(19-29(31)32)30-35(33,34)27-17-11-23(3)12-18-27/h4,6-18,26,28,30H,5,19-20H2,1-3H3/b6-4-/t26-,28+/m0/s1. The van der Waals surface area contributed by atoms with E-state index in [0.717, 1.165) is 27.8 Å². The van der Waals surface area contributed by atoms with Gasteiger partial charge in [-0.15, -0.1) is 0 Å². The molecule has 1 amide bonds. The molecule has 0 aliphatic carbocycles. The molecule has 1 aliphatic heterocycles. The number of nitrogens with zero attached hydrogens (tertiary/aromatic N) is 1. The van der Waals surface area contributed by atoms with Crippen molar-refractivity contribution in [3.63, 3.8) is 0 Å². The first kappa shape index (κ1) is 24.9. The van der Waals surface area contributed by atoms with E-state index in [1.54, 1.807) is 24.3 Å². The van der Waals surface area contributed by atoms with Gasteiger partial charge in [-0.3, -0.25) is 4.79 Å². The van der Waals surface area contributed by atoms with Gasteiger partial charge in [0.1, 0.15) is 0 Å². The van der Waals surface area contributed by atoms with Gasteiger partial charge >= 0.3 is 0 Å². The SMILES string of the molecule is Cc1ccc(CN2C(=O)C[C@@H](NS(=O)(=O)c3ccc(C)cc3)C/C=C\[C@@H]2c2ccc(C)cc2)cc1. The minimum absolute atomic E-state index is 0.0860. The van der Waals surface area contributed by atoms with Gasteiger partial charge in [-0.2, -0.15) is 0 Å². The molecular formula is C29H32N2O3S. The number of aryl methyl sites for hydroxylation is 3. The molecule has 0 bridgehead atoms. The van der Waals surface area contributed by atoms with Crippen molar-refractivity contribution in [2.75, 3.05) is 0 Å². The first-order valence-electron chi connectivity index (χ1n) is 11.9. The Morgan fingerprint density at radius 1 is 0.829 bits per heavy atom. The summed E-state index contributed by atoms with van der Waals surface area (Å²) in [5.41, 5.74) is 5.37. The number of carbonyl (C=O) groups is 1. The third kappa shape index (κ3) is 6.27. The van der Waals surface area contributed by atoms with Crippen LogP contribution in [-0.4, -0.2) is 25.3 Å². The first-order valence-corrected chi connectivity index (χ1v) is 13.4. The number of hydrogen-bond donors (Lipinski definition) is 1. The predicted octanol–water partition coefficient (Wildman–Crippen LogP) is 5.38. The molecule has 0 aromatic heterocycles. The van der Waals surface area contributed by atoms with Crippen LogP contribution in [0.2, 0.25) is 0 Å². The van der Waals surface area contributed by atoms with Gasteiger partial charge in [-0.05, 0) is 50.5 Å². The Balaban J connectivity index is 1.62. The van der Waals surface area contributed by atoms with Crippen LogP contribution in [0, 0.1) is 20.8 Å². The molecule has 1 N–H and O–H groups in total. The summed E-state index contributed by atoms with van der Waals surface area (Å²) >= 11 is 0. The van der Waals surface area contributed by atoms with E-state index in [1.165, 1.54) is 0 Å². The minimum atomic E-state index is -3.73. The minimum Gasteiger partial charge on any atom is -0.328 e. The number of carbonyl (C=O) groups excluding carboxylic acids is 1. The van der Waals surface area contributed by atoms with Gasteiger partial charge in [-0.25, -0.2) is 13.1 Å². The number of sulfonamides is 1. The number of amides is 1. The van der Waals surface area contributed by atoms with Crippen molar-refractivity contribution in [1.29, 1.82) is 0 Å². The molecule has 0 saturated carbocycles. The normalized spacial score (nSPS) is 19.7. The summed E-state index contributed by atoms with van der Waals surface area (Å²) in [7, 11) is -3.73. The van der Waals surface area contributed by atoms with E-state index in [0.29, 0.717) is 13.0 Å². The Bertz CT molecular complexity index is 1300. The largest absolute Gasteiger partial charge is 0.328 e. The second-order valence-corrected chi connectivity index (χ2v) is 11.1. The van der Waals surface area contributed by atoms with Crippen LogP contribution in [0.3, 0.4) is 0 Å². The van der Waals surface area contributed by atoms with Crippen LogP contribution in [-0.2, 0) is 21.4 Å². The second-order valence-electron chi connectivity index (χ2n) is 9.36. The van der Waals surface area contributed by atoms with E-state index >= 15 is 0 Å². The Kier molecular flexibility index (Phi) is 7.53. The molecule has 182 valence electrons. The van der Waals surface area contributed by atoms with Crippen molar-refractivity contribution in [1.82, 2.24) is 9.62 Å². The van der Waals surface area contributed by atoms with E-state index in [-0.39, 0.29) is 23.3 Å². The van der Waals surface area contributed by atoms with Crippen molar-refractivity contribution in [3.8, 4) is 0 Å². The zero-order chi connectivity index (χ0) is 25.0. The van der Waals surface area contributed by atoms with Crippen molar-refractivity contribution in [3.05, 3.63) is 113 Å². The summed E-state index contributed by atoms with van der Waals surface area (Å²) in [4.78, 5) is 15.7. The Morgan fingerprint density at radius 3 is 1.97 bits per heavy atom. The van der Waals surface area contributed by atoms with E-state index < -0.39 is 16.1 Å². The predicted molar refractivity (Wildman–Crippen MR) is 139 cm³/mol. The number of rotatable bonds is 6. The summed E-state index contributed by atoms with van der Waals surface area (Å²) in [6, 6.07) is 22.3. The fourth-order valence-electron chi connectivity index (χ4n) is 4.27. The van der Waals surface area contributed by atoms with Crippen molar-refractivity contribution >= 4 is 15.9 Å².